The first kappa shape index (κ1) is 15.9. The van der Waals surface area contributed by atoms with Crippen LogP contribution in [-0.2, 0) is 6.18 Å². The normalized spacial score (nSPS) is 12.0. The van der Waals surface area contributed by atoms with Gasteiger partial charge in [-0.2, -0.15) is 18.3 Å². The monoisotopic (exact) mass is 330 g/mol. The van der Waals surface area contributed by atoms with E-state index in [-0.39, 0.29) is 11.4 Å². The van der Waals surface area contributed by atoms with Gasteiger partial charge in [-0.05, 0) is 35.0 Å². The number of aromatic hydroxyl groups is 1. The van der Waals surface area contributed by atoms with Gasteiger partial charge >= 0.3 is 6.18 Å². The minimum Gasteiger partial charge on any atom is -0.507 e. The second-order valence-electron chi connectivity index (χ2n) is 5.17. The number of benzene rings is 3. The van der Waals surface area contributed by atoms with Crippen molar-refractivity contribution >= 4 is 22.7 Å². The van der Waals surface area contributed by atoms with E-state index in [1.54, 1.807) is 12.1 Å². The summed E-state index contributed by atoms with van der Waals surface area (Å²) in [5.74, 6) is 0.0447. The van der Waals surface area contributed by atoms with E-state index >= 15 is 0 Å². The van der Waals surface area contributed by atoms with Crippen LogP contribution in [0, 0.1) is 0 Å². The van der Waals surface area contributed by atoms with E-state index in [2.05, 4.69) is 10.5 Å². The summed E-state index contributed by atoms with van der Waals surface area (Å²) in [5, 5.41) is 15.7. The maximum atomic E-state index is 12.7. The van der Waals surface area contributed by atoms with Crippen LogP contribution in [0.4, 0.5) is 18.9 Å². The maximum Gasteiger partial charge on any atom is 0.416 e. The van der Waals surface area contributed by atoms with Crippen molar-refractivity contribution in [2.45, 2.75) is 6.18 Å². The van der Waals surface area contributed by atoms with Gasteiger partial charge in [0.05, 0.1) is 17.5 Å². The van der Waals surface area contributed by atoms with Crippen LogP contribution in [-0.4, -0.2) is 11.3 Å². The smallest absolute Gasteiger partial charge is 0.416 e. The van der Waals surface area contributed by atoms with E-state index in [1.807, 2.05) is 24.3 Å². The highest BCUT2D eigenvalue weighted by molar-refractivity contribution is 6.02. The van der Waals surface area contributed by atoms with Crippen molar-refractivity contribution in [2.75, 3.05) is 5.43 Å². The Balaban J connectivity index is 1.87. The molecule has 0 unspecified atom stereocenters. The molecule has 0 aliphatic heterocycles. The predicted molar refractivity (Wildman–Crippen MR) is 88.3 cm³/mol. The highest BCUT2D eigenvalue weighted by atomic mass is 19.4. The zero-order valence-corrected chi connectivity index (χ0v) is 12.4. The Bertz CT molecular complexity index is 904. The fourth-order valence-electron chi connectivity index (χ4n) is 2.36. The Morgan fingerprint density at radius 2 is 1.75 bits per heavy atom. The Labute approximate surface area is 136 Å². The summed E-state index contributed by atoms with van der Waals surface area (Å²) in [6.07, 6.45) is -3.02. The number of fused-ring (bicyclic) bond motifs is 1. The molecule has 0 spiro atoms. The largest absolute Gasteiger partial charge is 0.507 e. The molecule has 2 N–H and O–H groups in total. The molecular formula is C18H13F3N2O. The fraction of sp³-hybridized carbons (Fsp3) is 0.0556. The molecule has 0 fully saturated rings. The van der Waals surface area contributed by atoms with Crippen LogP contribution >= 0.6 is 0 Å². The second-order valence-corrected chi connectivity index (χ2v) is 5.17. The van der Waals surface area contributed by atoms with Gasteiger partial charge in [-0.25, -0.2) is 0 Å². The lowest BCUT2D eigenvalue weighted by Crippen LogP contribution is -2.05. The van der Waals surface area contributed by atoms with Gasteiger partial charge in [0.25, 0.3) is 0 Å². The lowest BCUT2D eigenvalue weighted by Gasteiger charge is -2.08. The van der Waals surface area contributed by atoms with E-state index in [4.69, 9.17) is 0 Å². The number of phenols is 1. The van der Waals surface area contributed by atoms with E-state index in [9.17, 15) is 18.3 Å². The minimum atomic E-state index is -4.41. The molecule has 0 saturated carbocycles. The number of rotatable bonds is 3. The second kappa shape index (κ2) is 6.23. The number of hydrogen-bond donors (Lipinski definition) is 2. The molecule has 3 nitrogen and oxygen atoms in total. The molecule has 0 bridgehead atoms. The number of halogens is 3. The Morgan fingerprint density at radius 1 is 0.958 bits per heavy atom. The molecule has 122 valence electrons. The number of nitrogens with zero attached hydrogens (tertiary/aromatic N) is 1. The number of hydrazone groups is 1. The van der Waals surface area contributed by atoms with Gasteiger partial charge < -0.3 is 5.11 Å². The molecule has 0 atom stereocenters. The molecule has 0 aliphatic carbocycles. The molecule has 0 amide bonds. The van der Waals surface area contributed by atoms with Crippen LogP contribution in [0.25, 0.3) is 10.8 Å². The van der Waals surface area contributed by atoms with Crippen LogP contribution < -0.4 is 5.43 Å². The summed E-state index contributed by atoms with van der Waals surface area (Å²) in [7, 11) is 0. The van der Waals surface area contributed by atoms with Gasteiger partial charge in [0.2, 0.25) is 0 Å². The fourth-order valence-corrected chi connectivity index (χ4v) is 2.36. The van der Waals surface area contributed by atoms with Gasteiger partial charge in [-0.15, -0.1) is 0 Å². The summed E-state index contributed by atoms with van der Waals surface area (Å²) in [5.41, 5.74) is 2.50. The van der Waals surface area contributed by atoms with Crippen molar-refractivity contribution < 1.29 is 18.3 Å². The molecule has 0 radical (unpaired) electrons. The molecule has 0 heterocycles. The highest BCUT2D eigenvalue weighted by Crippen LogP contribution is 2.30. The third-order valence-electron chi connectivity index (χ3n) is 3.52. The first-order chi connectivity index (χ1) is 11.4. The average molecular weight is 330 g/mol. The van der Waals surface area contributed by atoms with Crippen LogP contribution in [0.15, 0.2) is 65.8 Å². The first-order valence-corrected chi connectivity index (χ1v) is 7.12. The van der Waals surface area contributed by atoms with Crippen molar-refractivity contribution in [2.24, 2.45) is 5.10 Å². The van der Waals surface area contributed by atoms with Crippen LogP contribution in [0.3, 0.4) is 0 Å². The van der Waals surface area contributed by atoms with E-state index in [0.717, 1.165) is 22.9 Å². The number of nitrogens with one attached hydrogen (secondary N) is 1. The molecule has 3 aromatic carbocycles. The molecule has 3 rings (SSSR count). The third-order valence-corrected chi connectivity index (χ3v) is 3.52. The lowest BCUT2D eigenvalue weighted by molar-refractivity contribution is -0.137. The van der Waals surface area contributed by atoms with E-state index in [1.165, 1.54) is 18.3 Å². The van der Waals surface area contributed by atoms with Crippen molar-refractivity contribution in [1.29, 1.82) is 0 Å². The highest BCUT2D eigenvalue weighted by Gasteiger charge is 2.30. The minimum absolute atomic E-state index is 0.0447. The third kappa shape index (κ3) is 3.32. The zero-order valence-electron chi connectivity index (χ0n) is 12.4. The quantitative estimate of drug-likeness (QED) is 0.524. The summed E-state index contributed by atoms with van der Waals surface area (Å²) in [4.78, 5) is 0. The van der Waals surface area contributed by atoms with Crippen molar-refractivity contribution in [1.82, 2.24) is 0 Å². The molecular weight excluding hydrogens is 317 g/mol. The standard InChI is InChI=1S/C18H13F3N2O/c19-18(20,21)13-5-3-6-14(10-13)23-22-11-16-15-7-2-1-4-12(15)8-9-17(16)24/h1-11,23-24H. The van der Waals surface area contributed by atoms with Crippen molar-refractivity contribution in [3.8, 4) is 5.75 Å². The number of hydrogen-bond acceptors (Lipinski definition) is 3. The summed E-state index contributed by atoms with van der Waals surface area (Å²) >= 11 is 0. The number of phenolic OH excluding ortho intramolecular Hbond substituents is 1. The summed E-state index contributed by atoms with van der Waals surface area (Å²) in [6, 6.07) is 15.5. The Hall–Kier alpha value is -3.02. The molecule has 3 aromatic rings. The number of anilines is 1. The molecule has 24 heavy (non-hydrogen) atoms. The SMILES string of the molecule is Oc1ccc2ccccc2c1C=NNc1cccc(C(F)(F)F)c1. The van der Waals surface area contributed by atoms with Gasteiger partial charge in [0.1, 0.15) is 5.75 Å². The summed E-state index contributed by atoms with van der Waals surface area (Å²) in [6.45, 7) is 0. The average Bonchev–Trinajstić information content (AvgIpc) is 2.56. The van der Waals surface area contributed by atoms with E-state index < -0.39 is 11.7 Å². The molecule has 0 aliphatic rings. The molecule has 0 saturated heterocycles. The van der Waals surface area contributed by atoms with Gasteiger partial charge in [-0.1, -0.05) is 36.4 Å². The lowest BCUT2D eigenvalue weighted by atomic mass is 10.0. The van der Waals surface area contributed by atoms with E-state index in [0.29, 0.717) is 5.56 Å². The van der Waals surface area contributed by atoms with Gasteiger partial charge in [0, 0.05) is 5.56 Å². The van der Waals surface area contributed by atoms with Crippen LogP contribution in [0.1, 0.15) is 11.1 Å². The predicted octanol–water partition coefficient (Wildman–Crippen LogP) is 5.01. The van der Waals surface area contributed by atoms with Crippen molar-refractivity contribution in [3.63, 3.8) is 0 Å². The molecule has 6 heteroatoms. The van der Waals surface area contributed by atoms with Gasteiger partial charge in [-0.3, -0.25) is 5.43 Å². The molecule has 0 aromatic heterocycles. The zero-order chi connectivity index (χ0) is 17.2. The first-order valence-electron chi connectivity index (χ1n) is 7.12. The Morgan fingerprint density at radius 3 is 2.54 bits per heavy atom. The maximum absolute atomic E-state index is 12.7. The Kier molecular flexibility index (Phi) is 4.12. The topological polar surface area (TPSA) is 44.6 Å². The van der Waals surface area contributed by atoms with Crippen molar-refractivity contribution in [3.05, 3.63) is 71.8 Å². The van der Waals surface area contributed by atoms with Gasteiger partial charge in [0.15, 0.2) is 0 Å². The van der Waals surface area contributed by atoms with Crippen LogP contribution in [0.5, 0.6) is 5.75 Å². The number of alkyl halides is 3. The summed E-state index contributed by atoms with van der Waals surface area (Å²) < 4.78 is 38.0. The van der Waals surface area contributed by atoms with Crippen LogP contribution in [0.2, 0.25) is 0 Å².